The minimum atomic E-state index is -0.928. The number of nitrogens with one attached hydrogen (secondary N) is 2. The van der Waals surface area contributed by atoms with E-state index in [4.69, 9.17) is 9.47 Å². The molecule has 2 N–H and O–H groups in total. The van der Waals surface area contributed by atoms with Gasteiger partial charge in [0.2, 0.25) is 5.91 Å². The number of hydrogen-bond acceptors (Lipinski definition) is 5. The van der Waals surface area contributed by atoms with Crippen LogP contribution in [0.1, 0.15) is 41.4 Å². The van der Waals surface area contributed by atoms with Crippen LogP contribution in [0.25, 0.3) is 11.3 Å². The fourth-order valence-electron chi connectivity index (χ4n) is 5.33. The maximum Gasteiger partial charge on any atom is 0.271 e. The van der Waals surface area contributed by atoms with Gasteiger partial charge < -0.3 is 24.7 Å². The Kier molecular flexibility index (Phi) is 9.59. The van der Waals surface area contributed by atoms with Gasteiger partial charge in [-0.2, -0.15) is 0 Å². The van der Waals surface area contributed by atoms with Crippen molar-refractivity contribution in [2.45, 2.75) is 31.4 Å². The van der Waals surface area contributed by atoms with Crippen LogP contribution in [-0.4, -0.2) is 85.2 Å². The van der Waals surface area contributed by atoms with E-state index >= 15 is 0 Å². The molecule has 1 aromatic heterocycles. The third-order valence-electron chi connectivity index (χ3n) is 7.51. The van der Waals surface area contributed by atoms with E-state index in [1.54, 1.807) is 23.1 Å². The largest absolute Gasteiger partial charge is 0.379 e. The van der Waals surface area contributed by atoms with Crippen molar-refractivity contribution in [1.29, 1.82) is 0 Å². The zero-order chi connectivity index (χ0) is 27.7. The summed E-state index contributed by atoms with van der Waals surface area (Å²) in [6, 6.07) is 18.3. The highest BCUT2D eigenvalue weighted by atomic mass is 19.1. The normalized spacial score (nSPS) is 18.4. The number of aromatic amines is 1. The Bertz CT molecular complexity index is 1240. The molecule has 0 saturated carbocycles. The van der Waals surface area contributed by atoms with Crippen molar-refractivity contribution in [3.63, 3.8) is 0 Å². The molecule has 40 heavy (non-hydrogen) atoms. The van der Waals surface area contributed by atoms with E-state index in [0.717, 1.165) is 43.7 Å². The van der Waals surface area contributed by atoms with Crippen molar-refractivity contribution in [2.75, 3.05) is 52.5 Å². The van der Waals surface area contributed by atoms with Crippen molar-refractivity contribution in [1.82, 2.24) is 20.1 Å². The van der Waals surface area contributed by atoms with E-state index in [9.17, 15) is 14.0 Å². The smallest absolute Gasteiger partial charge is 0.271 e. The van der Waals surface area contributed by atoms with Crippen LogP contribution in [0, 0.1) is 5.82 Å². The highest BCUT2D eigenvalue weighted by molar-refractivity contribution is 5.97. The highest BCUT2D eigenvalue weighted by Crippen LogP contribution is 2.26. The van der Waals surface area contributed by atoms with Crippen LogP contribution in [0.3, 0.4) is 0 Å². The van der Waals surface area contributed by atoms with Crippen LogP contribution in [0.4, 0.5) is 4.39 Å². The molecule has 5 rings (SSSR count). The minimum Gasteiger partial charge on any atom is -0.379 e. The van der Waals surface area contributed by atoms with E-state index in [-0.39, 0.29) is 17.9 Å². The SMILES string of the molecule is O=C(NC[C@H]1CCCO1)[C@@H](c1ccc(F)cc1)N(CCCN1CCOCC1)C(=O)c1ccc(-c2ccccc2)[nH]1. The Balaban J connectivity index is 1.41. The van der Waals surface area contributed by atoms with Gasteiger partial charge in [0.05, 0.1) is 19.3 Å². The maximum atomic E-state index is 14.1. The first-order valence-corrected chi connectivity index (χ1v) is 14.1. The van der Waals surface area contributed by atoms with Gasteiger partial charge in [0, 0.05) is 45.0 Å². The summed E-state index contributed by atoms with van der Waals surface area (Å²) >= 11 is 0. The number of rotatable bonds is 11. The molecular weight excluding hydrogens is 511 g/mol. The fraction of sp³-hybridized carbons (Fsp3) is 0.419. The average Bonchev–Trinajstić information content (AvgIpc) is 3.70. The number of H-pyrrole nitrogens is 1. The molecule has 0 aliphatic carbocycles. The summed E-state index contributed by atoms with van der Waals surface area (Å²) in [4.78, 5) is 35.0. The maximum absolute atomic E-state index is 14.1. The topological polar surface area (TPSA) is 86.9 Å². The third-order valence-corrected chi connectivity index (χ3v) is 7.51. The molecule has 2 atom stereocenters. The Morgan fingerprint density at radius 2 is 1.80 bits per heavy atom. The first-order valence-electron chi connectivity index (χ1n) is 14.1. The van der Waals surface area contributed by atoms with Gasteiger partial charge in [-0.1, -0.05) is 42.5 Å². The van der Waals surface area contributed by atoms with Crippen molar-refractivity contribution in [2.24, 2.45) is 0 Å². The molecule has 212 valence electrons. The van der Waals surface area contributed by atoms with Gasteiger partial charge in [0.15, 0.2) is 0 Å². The van der Waals surface area contributed by atoms with Crippen LogP contribution >= 0.6 is 0 Å². The molecule has 8 nitrogen and oxygen atoms in total. The Morgan fingerprint density at radius 3 is 2.52 bits per heavy atom. The molecule has 3 heterocycles. The van der Waals surface area contributed by atoms with Gasteiger partial charge >= 0.3 is 0 Å². The molecule has 2 amide bonds. The van der Waals surface area contributed by atoms with Gasteiger partial charge in [0.25, 0.3) is 5.91 Å². The average molecular weight is 549 g/mol. The predicted molar refractivity (Wildman–Crippen MR) is 150 cm³/mol. The van der Waals surface area contributed by atoms with E-state index < -0.39 is 11.9 Å². The summed E-state index contributed by atoms with van der Waals surface area (Å²) in [5, 5.41) is 3.01. The Hall–Kier alpha value is -3.53. The molecule has 0 unspecified atom stereocenters. The lowest BCUT2D eigenvalue weighted by atomic mass is 10.0. The third kappa shape index (κ3) is 7.15. The molecule has 2 aliphatic rings. The minimum absolute atomic E-state index is 0.0415. The first kappa shape index (κ1) is 28.0. The number of ether oxygens (including phenoxy) is 2. The fourth-order valence-corrected chi connectivity index (χ4v) is 5.33. The number of benzene rings is 2. The first-order chi connectivity index (χ1) is 19.6. The lowest BCUT2D eigenvalue weighted by Gasteiger charge is -2.33. The molecule has 2 aromatic carbocycles. The summed E-state index contributed by atoms with van der Waals surface area (Å²) in [6.07, 6.45) is 2.48. The molecule has 0 radical (unpaired) electrons. The van der Waals surface area contributed by atoms with Crippen LogP contribution < -0.4 is 5.32 Å². The second-order valence-electron chi connectivity index (χ2n) is 10.3. The number of amides is 2. The highest BCUT2D eigenvalue weighted by Gasteiger charge is 2.33. The lowest BCUT2D eigenvalue weighted by Crippen LogP contribution is -2.46. The van der Waals surface area contributed by atoms with Crippen molar-refractivity contribution >= 4 is 11.8 Å². The number of morpholine rings is 1. The van der Waals surface area contributed by atoms with E-state index in [2.05, 4.69) is 15.2 Å². The van der Waals surface area contributed by atoms with Crippen molar-refractivity contribution in [3.05, 3.63) is 83.8 Å². The lowest BCUT2D eigenvalue weighted by molar-refractivity contribution is -0.126. The molecule has 2 saturated heterocycles. The number of carbonyl (C=O) groups excluding carboxylic acids is 2. The van der Waals surface area contributed by atoms with Gasteiger partial charge in [-0.05, 0) is 54.7 Å². The molecule has 3 aromatic rings. The number of nitrogens with zero attached hydrogens (tertiary/aromatic N) is 2. The van der Waals surface area contributed by atoms with E-state index in [1.165, 1.54) is 12.1 Å². The predicted octanol–water partition coefficient (Wildman–Crippen LogP) is 4.02. The quantitative estimate of drug-likeness (QED) is 0.378. The monoisotopic (exact) mass is 548 g/mol. The zero-order valence-corrected chi connectivity index (χ0v) is 22.7. The molecule has 2 fully saturated rings. The summed E-state index contributed by atoms with van der Waals surface area (Å²) in [6.45, 7) is 5.25. The summed E-state index contributed by atoms with van der Waals surface area (Å²) in [5.74, 6) is -0.994. The van der Waals surface area contributed by atoms with E-state index in [1.807, 2.05) is 36.4 Å². The Morgan fingerprint density at radius 1 is 1.02 bits per heavy atom. The van der Waals surface area contributed by atoms with Crippen LogP contribution in [0.15, 0.2) is 66.7 Å². The number of halogens is 1. The molecule has 0 spiro atoms. The van der Waals surface area contributed by atoms with Crippen LogP contribution in [0.5, 0.6) is 0 Å². The summed E-state index contributed by atoms with van der Waals surface area (Å²) in [7, 11) is 0. The van der Waals surface area contributed by atoms with Gasteiger partial charge in [-0.25, -0.2) is 4.39 Å². The van der Waals surface area contributed by atoms with E-state index in [0.29, 0.717) is 50.6 Å². The molecule has 2 aliphatic heterocycles. The van der Waals surface area contributed by atoms with Gasteiger partial charge in [0.1, 0.15) is 17.6 Å². The van der Waals surface area contributed by atoms with Crippen molar-refractivity contribution in [3.8, 4) is 11.3 Å². The van der Waals surface area contributed by atoms with Gasteiger partial charge in [-0.15, -0.1) is 0 Å². The number of carbonyl (C=O) groups is 2. The molecule has 0 bridgehead atoms. The van der Waals surface area contributed by atoms with Crippen LogP contribution in [-0.2, 0) is 14.3 Å². The summed E-state index contributed by atoms with van der Waals surface area (Å²) in [5.41, 5.74) is 2.73. The molecular formula is C31H37FN4O4. The second kappa shape index (κ2) is 13.7. The number of aromatic nitrogens is 1. The van der Waals surface area contributed by atoms with Crippen molar-refractivity contribution < 1.29 is 23.5 Å². The summed E-state index contributed by atoms with van der Waals surface area (Å²) < 4.78 is 25.0. The number of hydrogen-bond donors (Lipinski definition) is 2. The molecule has 9 heteroatoms. The van der Waals surface area contributed by atoms with Gasteiger partial charge in [-0.3, -0.25) is 14.5 Å². The Labute approximate surface area is 234 Å². The second-order valence-corrected chi connectivity index (χ2v) is 10.3. The van der Waals surface area contributed by atoms with Crippen LogP contribution in [0.2, 0.25) is 0 Å². The standard InChI is InChI=1S/C31H37FN4O4/c32-25-11-9-24(10-12-25)29(30(37)33-22-26-8-4-19-40-26)36(16-5-15-35-17-20-39-21-18-35)31(38)28-14-13-27(34-28)23-6-2-1-3-7-23/h1-3,6-7,9-14,26,29,34H,4-5,8,15-22H2,(H,33,37)/t26-,29-/m1/s1. The zero-order valence-electron chi connectivity index (χ0n) is 22.7.